The van der Waals surface area contributed by atoms with E-state index in [1.165, 1.54) is 0 Å². The molecule has 0 aliphatic rings. The molecule has 0 bridgehead atoms. The number of anilines is 1. The van der Waals surface area contributed by atoms with Crippen molar-refractivity contribution >= 4 is 5.82 Å². The summed E-state index contributed by atoms with van der Waals surface area (Å²) in [6.45, 7) is 6.06. The largest absolute Gasteiger partial charge is 0.383 e. The zero-order chi connectivity index (χ0) is 8.69. The van der Waals surface area contributed by atoms with Crippen LogP contribution < -0.4 is 5.73 Å². The number of aromatic nitrogens is 1. The molecule has 1 heterocycles. The minimum Gasteiger partial charge on any atom is -0.383 e. The summed E-state index contributed by atoms with van der Waals surface area (Å²) < 4.78 is 0. The van der Waals surface area contributed by atoms with Crippen LogP contribution in [0, 0.1) is 0 Å². The molecule has 64 valence electrons. The Morgan fingerprint density at radius 1 is 1.55 bits per heavy atom. The summed E-state index contributed by atoms with van der Waals surface area (Å²) in [5.41, 5.74) is 6.64. The zero-order valence-electron chi connectivity index (χ0n) is 7.46. The van der Waals surface area contributed by atoms with Gasteiger partial charge in [0.1, 0.15) is 5.82 Å². The topological polar surface area (TPSA) is 38.9 Å². The Hall–Kier alpha value is -1.05. The molecular weight excluding hydrogens is 136 g/mol. The summed E-state index contributed by atoms with van der Waals surface area (Å²) in [5, 5.41) is 0. The summed E-state index contributed by atoms with van der Waals surface area (Å²) in [6, 6.07) is 3.89. The number of pyridine rings is 1. The fourth-order valence-corrected chi connectivity index (χ4v) is 0.750. The molecule has 0 unspecified atom stereocenters. The van der Waals surface area contributed by atoms with Gasteiger partial charge >= 0.3 is 0 Å². The molecule has 0 spiro atoms. The molecule has 1 rings (SSSR count). The molecule has 0 radical (unpaired) electrons. The van der Waals surface area contributed by atoms with E-state index in [9.17, 15) is 0 Å². The average molecular weight is 154 g/mol. The van der Waals surface area contributed by atoms with Crippen molar-refractivity contribution < 1.29 is 1.43 Å². The fourth-order valence-electron chi connectivity index (χ4n) is 0.750. The highest BCUT2D eigenvalue weighted by Gasteiger charge is 1.91. The number of nitrogen functional groups attached to an aromatic ring is 1. The van der Waals surface area contributed by atoms with Gasteiger partial charge in [0.05, 0.1) is 0 Å². The van der Waals surface area contributed by atoms with Crippen molar-refractivity contribution in [2.24, 2.45) is 0 Å². The summed E-state index contributed by atoms with van der Waals surface area (Å²) >= 11 is 0. The van der Waals surface area contributed by atoms with E-state index in [0.29, 0.717) is 5.82 Å². The van der Waals surface area contributed by atoms with Crippen LogP contribution in [0.3, 0.4) is 0 Å². The first-order valence-corrected chi connectivity index (χ1v) is 4.04. The Kier molecular flexibility index (Phi) is 5.17. The smallest absolute Gasteiger partial charge is 0.126 e. The van der Waals surface area contributed by atoms with E-state index in [1.54, 1.807) is 6.20 Å². The van der Waals surface area contributed by atoms with Gasteiger partial charge in [-0.1, -0.05) is 26.8 Å². The van der Waals surface area contributed by atoms with Crippen molar-refractivity contribution in [3.63, 3.8) is 0 Å². The van der Waals surface area contributed by atoms with Crippen molar-refractivity contribution in [3.05, 3.63) is 23.9 Å². The maximum atomic E-state index is 5.52. The Morgan fingerprint density at radius 2 is 2.18 bits per heavy atom. The van der Waals surface area contributed by atoms with Gasteiger partial charge in [-0.15, -0.1) is 0 Å². The predicted molar refractivity (Wildman–Crippen MR) is 51.5 cm³/mol. The molecule has 0 aliphatic carbocycles. The highest BCUT2D eigenvalue weighted by molar-refractivity contribution is 5.37. The highest BCUT2D eigenvalue weighted by atomic mass is 14.8. The predicted octanol–water partition coefficient (Wildman–Crippen LogP) is 2.50. The average Bonchev–Trinajstić information content (AvgIpc) is 2.09. The molecule has 0 aromatic carbocycles. The first-order chi connectivity index (χ1) is 5.34. The molecule has 2 N–H and O–H groups in total. The van der Waals surface area contributed by atoms with Crippen LogP contribution in [0.1, 0.15) is 27.8 Å². The molecule has 0 amide bonds. The lowest BCUT2D eigenvalue weighted by Gasteiger charge is -1.97. The maximum absolute atomic E-state index is 5.52. The molecule has 2 nitrogen and oxygen atoms in total. The van der Waals surface area contributed by atoms with Gasteiger partial charge in [-0.25, -0.2) is 4.98 Å². The molecule has 0 fully saturated rings. The van der Waals surface area contributed by atoms with Crippen LogP contribution in [0.15, 0.2) is 18.3 Å². The second kappa shape index (κ2) is 5.71. The molecule has 1 aromatic rings. The third kappa shape index (κ3) is 3.03. The zero-order valence-corrected chi connectivity index (χ0v) is 7.46. The second-order valence-corrected chi connectivity index (χ2v) is 1.90. The number of rotatable bonds is 1. The number of aryl methyl sites for hydroxylation is 1. The van der Waals surface area contributed by atoms with Crippen molar-refractivity contribution in [2.75, 3.05) is 5.73 Å². The van der Waals surface area contributed by atoms with E-state index in [-0.39, 0.29) is 1.43 Å². The lowest BCUT2D eigenvalue weighted by Crippen LogP contribution is -1.94. The van der Waals surface area contributed by atoms with E-state index in [2.05, 4.69) is 11.9 Å². The van der Waals surface area contributed by atoms with Crippen LogP contribution in [0.25, 0.3) is 0 Å². The molecule has 1 aromatic heterocycles. The van der Waals surface area contributed by atoms with Crippen molar-refractivity contribution in [1.82, 2.24) is 4.98 Å². The van der Waals surface area contributed by atoms with Gasteiger partial charge in [0, 0.05) is 7.62 Å². The quantitative estimate of drug-likeness (QED) is 0.675. The van der Waals surface area contributed by atoms with Crippen molar-refractivity contribution in [3.8, 4) is 0 Å². The van der Waals surface area contributed by atoms with Gasteiger partial charge in [-0.05, 0) is 18.1 Å². The number of hydrogen-bond acceptors (Lipinski definition) is 2. The van der Waals surface area contributed by atoms with Crippen LogP contribution >= 0.6 is 0 Å². The Bertz CT molecular complexity index is 201. The number of nitrogens with zero attached hydrogens (tertiary/aromatic N) is 1. The first-order valence-electron chi connectivity index (χ1n) is 4.04. The van der Waals surface area contributed by atoms with Gasteiger partial charge < -0.3 is 5.73 Å². The highest BCUT2D eigenvalue weighted by Crippen LogP contribution is 2.05. The van der Waals surface area contributed by atoms with Crippen LogP contribution in [-0.4, -0.2) is 4.98 Å². The fraction of sp³-hybridized carbons (Fsp3) is 0.444. The van der Waals surface area contributed by atoms with Gasteiger partial charge in [0.25, 0.3) is 0 Å². The van der Waals surface area contributed by atoms with Crippen LogP contribution in [0.4, 0.5) is 5.82 Å². The van der Waals surface area contributed by atoms with E-state index < -0.39 is 0 Å². The van der Waals surface area contributed by atoms with E-state index in [4.69, 9.17) is 5.73 Å². The van der Waals surface area contributed by atoms with Crippen molar-refractivity contribution in [1.29, 1.82) is 0 Å². The Balaban J connectivity index is 0. The lowest BCUT2D eigenvalue weighted by molar-refractivity contribution is 1.11. The summed E-state index contributed by atoms with van der Waals surface area (Å²) in [5.74, 6) is 0.653. The monoisotopic (exact) mass is 154 g/mol. The Labute approximate surface area is 69.9 Å². The van der Waals surface area contributed by atoms with Gasteiger partial charge in [-0.2, -0.15) is 0 Å². The van der Waals surface area contributed by atoms with E-state index >= 15 is 0 Å². The minimum absolute atomic E-state index is 0. The minimum atomic E-state index is 0. The molecule has 0 atom stereocenters. The van der Waals surface area contributed by atoms with Gasteiger partial charge in [0.2, 0.25) is 0 Å². The molecule has 0 saturated carbocycles. The SMILES string of the molecule is CC.CCc1cccnc1N.[HH]. The number of nitrogens with two attached hydrogens (primary N) is 1. The van der Waals surface area contributed by atoms with Crippen LogP contribution in [0.5, 0.6) is 0 Å². The summed E-state index contributed by atoms with van der Waals surface area (Å²) in [6.07, 6.45) is 2.66. The maximum Gasteiger partial charge on any atom is 0.126 e. The van der Waals surface area contributed by atoms with Crippen LogP contribution in [-0.2, 0) is 6.42 Å². The standard InChI is InChI=1S/C7H10N2.C2H6.H2/c1-2-6-4-3-5-9-7(6)8;1-2;/h3-5H,2H2,1H3,(H2,8,9);1-2H3;1H. The molecule has 2 heteroatoms. The first kappa shape index (κ1) is 9.95. The van der Waals surface area contributed by atoms with Gasteiger partial charge in [0.15, 0.2) is 0 Å². The number of hydrogen-bond donors (Lipinski definition) is 1. The third-order valence-electron chi connectivity index (χ3n) is 1.31. The molecule has 0 aliphatic heterocycles. The van der Waals surface area contributed by atoms with Crippen LogP contribution in [0.2, 0.25) is 0 Å². The van der Waals surface area contributed by atoms with E-state index in [1.807, 2.05) is 26.0 Å². The lowest BCUT2D eigenvalue weighted by atomic mass is 10.2. The molecule has 11 heavy (non-hydrogen) atoms. The normalized spacial score (nSPS) is 8.27. The van der Waals surface area contributed by atoms with E-state index in [0.717, 1.165) is 12.0 Å². The molecule has 0 saturated heterocycles. The third-order valence-corrected chi connectivity index (χ3v) is 1.31. The van der Waals surface area contributed by atoms with Crippen molar-refractivity contribution in [2.45, 2.75) is 27.2 Å². The molecular formula is C9H18N2. The second-order valence-electron chi connectivity index (χ2n) is 1.90. The summed E-state index contributed by atoms with van der Waals surface area (Å²) in [4.78, 5) is 3.93. The summed E-state index contributed by atoms with van der Waals surface area (Å²) in [7, 11) is 0. The Morgan fingerprint density at radius 3 is 2.55 bits per heavy atom. The van der Waals surface area contributed by atoms with Gasteiger partial charge in [-0.3, -0.25) is 0 Å².